The minimum absolute atomic E-state index is 0.0940. The Hall–Kier alpha value is -4.11. The van der Waals surface area contributed by atoms with Crippen LogP contribution in [-0.4, -0.2) is 64.8 Å². The van der Waals surface area contributed by atoms with Gasteiger partial charge in [-0.05, 0) is 73.1 Å². The maximum Gasteiger partial charge on any atom is 0.335 e. The van der Waals surface area contributed by atoms with Gasteiger partial charge in [0.2, 0.25) is 5.91 Å². The monoisotopic (exact) mass is 611 g/mol. The highest BCUT2D eigenvalue weighted by molar-refractivity contribution is 5.99. The molecule has 2 fully saturated rings. The molecule has 4 aromatic rings. The largest absolute Gasteiger partial charge is 0.497 e. The lowest BCUT2D eigenvalue weighted by Gasteiger charge is -2.26. The van der Waals surface area contributed by atoms with Crippen molar-refractivity contribution >= 4 is 22.8 Å². The predicted molar refractivity (Wildman–Crippen MR) is 170 cm³/mol. The average Bonchev–Trinajstić information content (AvgIpc) is 3.61. The Bertz CT molecular complexity index is 1740. The van der Waals surface area contributed by atoms with Crippen LogP contribution in [0, 0.1) is 6.92 Å². The summed E-state index contributed by atoms with van der Waals surface area (Å²) in [6.07, 6.45) is 9.25. The molecule has 1 aliphatic carbocycles. The maximum atomic E-state index is 12.8. The van der Waals surface area contributed by atoms with E-state index in [1.54, 1.807) is 19.4 Å². The summed E-state index contributed by atoms with van der Waals surface area (Å²) in [6, 6.07) is 9.85. The molecule has 1 saturated heterocycles. The molecule has 0 spiro atoms. The van der Waals surface area contributed by atoms with E-state index in [2.05, 4.69) is 23.6 Å². The molecular weight excluding hydrogens is 570 g/mol. The Morgan fingerprint density at radius 3 is 2.62 bits per heavy atom. The molecule has 236 valence electrons. The van der Waals surface area contributed by atoms with Crippen molar-refractivity contribution in [1.82, 2.24) is 14.5 Å². The molecular formula is C36H41N3O6. The molecule has 1 amide bonds. The zero-order valence-corrected chi connectivity index (χ0v) is 26.1. The maximum absolute atomic E-state index is 12.8. The molecule has 0 bridgehead atoms. The van der Waals surface area contributed by atoms with Crippen LogP contribution in [-0.2, 0) is 28.9 Å². The topological polar surface area (TPSA) is 107 Å². The summed E-state index contributed by atoms with van der Waals surface area (Å²) in [5.74, 6) is 1.65. The van der Waals surface area contributed by atoms with Gasteiger partial charge in [-0.25, -0.2) is 9.78 Å². The zero-order valence-electron chi connectivity index (χ0n) is 26.1. The predicted octanol–water partition coefficient (Wildman–Crippen LogP) is 6.49. The van der Waals surface area contributed by atoms with E-state index in [0.717, 1.165) is 35.1 Å². The molecule has 9 nitrogen and oxygen atoms in total. The molecule has 0 radical (unpaired) electrons. The Morgan fingerprint density at radius 2 is 1.87 bits per heavy atom. The third kappa shape index (κ3) is 5.63. The second-order valence-electron chi connectivity index (χ2n) is 12.8. The lowest BCUT2D eigenvalue weighted by Crippen LogP contribution is -2.40. The Balaban J connectivity index is 1.32. The van der Waals surface area contributed by atoms with Gasteiger partial charge in [0.05, 0.1) is 43.7 Å². The van der Waals surface area contributed by atoms with Crippen molar-refractivity contribution in [2.45, 2.75) is 76.7 Å². The molecule has 2 aromatic heterocycles. The minimum atomic E-state index is -0.929. The van der Waals surface area contributed by atoms with Crippen molar-refractivity contribution < 1.29 is 28.6 Å². The molecule has 1 unspecified atom stereocenters. The SMILES string of the molecule is COc1cc(C)c2c(c1)CC(c1ncc(CCC(=O)N3CCOCC3)o1)Cn1c-2c(C2CCCCC2)c2ccc(C(=O)O)cc21. The Kier molecular flexibility index (Phi) is 8.12. The van der Waals surface area contributed by atoms with Gasteiger partial charge < -0.3 is 28.5 Å². The number of carboxylic acids is 1. The fraction of sp³-hybridized carbons (Fsp3) is 0.472. The van der Waals surface area contributed by atoms with Gasteiger partial charge in [-0.1, -0.05) is 25.3 Å². The number of aryl methyl sites for hydroxylation is 2. The molecule has 45 heavy (non-hydrogen) atoms. The number of fused-ring (bicyclic) bond motifs is 5. The van der Waals surface area contributed by atoms with Crippen LogP contribution in [0.1, 0.15) is 89.1 Å². The van der Waals surface area contributed by atoms with Crippen LogP contribution >= 0.6 is 0 Å². The first-order chi connectivity index (χ1) is 21.9. The van der Waals surface area contributed by atoms with Crippen LogP contribution in [0.5, 0.6) is 5.75 Å². The van der Waals surface area contributed by atoms with E-state index in [1.807, 2.05) is 17.0 Å². The summed E-state index contributed by atoms with van der Waals surface area (Å²) in [5.41, 5.74) is 7.28. The molecule has 9 heteroatoms. The number of aromatic nitrogens is 2. The van der Waals surface area contributed by atoms with Gasteiger partial charge in [0.15, 0.2) is 5.89 Å². The lowest BCUT2D eigenvalue weighted by molar-refractivity contribution is -0.135. The van der Waals surface area contributed by atoms with Crippen LogP contribution in [0.3, 0.4) is 0 Å². The van der Waals surface area contributed by atoms with Crippen LogP contribution < -0.4 is 4.74 Å². The number of hydrogen-bond acceptors (Lipinski definition) is 6. The fourth-order valence-electron chi connectivity index (χ4n) is 7.76. The highest BCUT2D eigenvalue weighted by Gasteiger charge is 2.34. The van der Waals surface area contributed by atoms with E-state index in [4.69, 9.17) is 18.9 Å². The number of rotatable bonds is 7. The first kappa shape index (κ1) is 29.6. The van der Waals surface area contributed by atoms with E-state index in [9.17, 15) is 14.7 Å². The first-order valence-corrected chi connectivity index (χ1v) is 16.3. The molecule has 2 aliphatic heterocycles. The second kappa shape index (κ2) is 12.4. The quantitative estimate of drug-likeness (QED) is 0.255. The first-order valence-electron chi connectivity index (χ1n) is 16.3. The van der Waals surface area contributed by atoms with Gasteiger partial charge in [-0.2, -0.15) is 0 Å². The van der Waals surface area contributed by atoms with Gasteiger partial charge in [-0.15, -0.1) is 0 Å². The van der Waals surface area contributed by atoms with Crippen LogP contribution in [0.25, 0.3) is 22.2 Å². The summed E-state index contributed by atoms with van der Waals surface area (Å²) in [4.78, 5) is 31.5. The number of methoxy groups -OCH3 is 1. The number of carbonyl (C=O) groups excluding carboxylic acids is 1. The number of hydrogen-bond donors (Lipinski definition) is 1. The summed E-state index contributed by atoms with van der Waals surface area (Å²) in [6.45, 7) is 5.17. The van der Waals surface area contributed by atoms with E-state index >= 15 is 0 Å². The number of oxazole rings is 1. The number of morpholine rings is 1. The third-order valence-corrected chi connectivity index (χ3v) is 9.97. The lowest BCUT2D eigenvalue weighted by atomic mass is 9.80. The Morgan fingerprint density at radius 1 is 1.07 bits per heavy atom. The number of carbonyl (C=O) groups is 2. The third-order valence-electron chi connectivity index (χ3n) is 9.97. The normalized spacial score (nSPS) is 18.8. The average molecular weight is 612 g/mol. The van der Waals surface area contributed by atoms with Crippen molar-refractivity contribution in [3.8, 4) is 17.0 Å². The fourth-order valence-corrected chi connectivity index (χ4v) is 7.76. The van der Waals surface area contributed by atoms with Crippen LogP contribution in [0.4, 0.5) is 0 Å². The summed E-state index contributed by atoms with van der Waals surface area (Å²) in [5, 5.41) is 11.1. The molecule has 1 N–H and O–H groups in total. The summed E-state index contributed by atoms with van der Waals surface area (Å²) < 4.78 is 19.8. The van der Waals surface area contributed by atoms with Crippen molar-refractivity contribution in [3.63, 3.8) is 0 Å². The number of nitrogens with zero attached hydrogens (tertiary/aromatic N) is 3. The zero-order chi connectivity index (χ0) is 31.1. The smallest absolute Gasteiger partial charge is 0.335 e. The second-order valence-corrected chi connectivity index (χ2v) is 12.8. The van der Waals surface area contributed by atoms with Gasteiger partial charge >= 0.3 is 5.97 Å². The van der Waals surface area contributed by atoms with E-state index in [1.165, 1.54) is 41.6 Å². The van der Waals surface area contributed by atoms with Gasteiger partial charge in [0.25, 0.3) is 0 Å². The van der Waals surface area contributed by atoms with Gasteiger partial charge in [-0.3, -0.25) is 4.79 Å². The van der Waals surface area contributed by atoms with Gasteiger partial charge in [0, 0.05) is 48.9 Å². The highest BCUT2D eigenvalue weighted by atomic mass is 16.5. The van der Waals surface area contributed by atoms with Crippen molar-refractivity contribution in [3.05, 3.63) is 70.4 Å². The molecule has 3 aliphatic rings. The number of ether oxygens (including phenoxy) is 2. The molecule has 7 rings (SSSR count). The van der Waals surface area contributed by atoms with E-state index < -0.39 is 5.97 Å². The highest BCUT2D eigenvalue weighted by Crippen LogP contribution is 2.49. The number of amides is 1. The standard InChI is InChI=1S/C36H41N3O6/c1-22-16-28(43-2)18-25-17-26(35-37-20-27(45-35)9-11-31(40)38-12-14-44-15-13-38)21-39-30-19-24(36(41)42)8-10-29(30)33(34(39)32(22)25)23-6-4-3-5-7-23/h8,10,16,18-20,23,26H,3-7,9,11-15,17,21H2,1-2H3,(H,41,42). The molecule has 1 atom stereocenters. The van der Waals surface area contributed by atoms with E-state index in [-0.39, 0.29) is 17.4 Å². The molecule has 4 heterocycles. The van der Waals surface area contributed by atoms with Crippen LogP contribution in [0.15, 0.2) is 40.9 Å². The minimum Gasteiger partial charge on any atom is -0.497 e. The number of benzene rings is 2. The van der Waals surface area contributed by atoms with Crippen molar-refractivity contribution in [1.29, 1.82) is 0 Å². The molecule has 2 aromatic carbocycles. The summed E-state index contributed by atoms with van der Waals surface area (Å²) in [7, 11) is 1.70. The molecule has 1 saturated carbocycles. The summed E-state index contributed by atoms with van der Waals surface area (Å²) >= 11 is 0. The van der Waals surface area contributed by atoms with Crippen molar-refractivity contribution in [2.75, 3.05) is 33.4 Å². The number of carboxylic acid groups (broad SMARTS) is 1. The van der Waals surface area contributed by atoms with Crippen molar-refractivity contribution in [2.24, 2.45) is 0 Å². The number of aromatic carboxylic acids is 1. The van der Waals surface area contributed by atoms with Gasteiger partial charge in [0.1, 0.15) is 11.5 Å². The van der Waals surface area contributed by atoms with E-state index in [0.29, 0.717) is 69.7 Å². The van der Waals surface area contributed by atoms with Crippen LogP contribution in [0.2, 0.25) is 0 Å². The Labute approximate surface area is 263 Å².